The molecule has 88 valence electrons. The van der Waals surface area contributed by atoms with Crippen molar-refractivity contribution in [2.45, 2.75) is 12.8 Å². The number of hydrogen-bond acceptors (Lipinski definition) is 5. The molecule has 1 amide bonds. The smallest absolute Gasteiger partial charge is 0.234 e. The van der Waals surface area contributed by atoms with Gasteiger partial charge in [-0.15, -0.1) is 0 Å². The van der Waals surface area contributed by atoms with Crippen LogP contribution >= 0.6 is 0 Å². The molecule has 0 atom stereocenters. The van der Waals surface area contributed by atoms with E-state index in [9.17, 15) is 4.79 Å². The monoisotopic (exact) mass is 231 g/mol. The molecule has 0 aliphatic carbocycles. The summed E-state index contributed by atoms with van der Waals surface area (Å²) in [7, 11) is 0. The number of hydrogen-bond donors (Lipinski definition) is 1. The molecule has 1 aromatic heterocycles. The summed E-state index contributed by atoms with van der Waals surface area (Å²) in [6.07, 6.45) is 3.05. The fourth-order valence-electron chi connectivity index (χ4n) is 1.97. The van der Waals surface area contributed by atoms with Crippen LogP contribution in [0.15, 0.2) is 12.3 Å². The van der Waals surface area contributed by atoms with Crippen LogP contribution in [0.1, 0.15) is 18.7 Å². The highest BCUT2D eigenvalue weighted by Crippen LogP contribution is 2.21. The van der Waals surface area contributed by atoms with Crippen molar-refractivity contribution >= 4 is 11.7 Å². The zero-order valence-corrected chi connectivity index (χ0v) is 9.33. The second-order valence-electron chi connectivity index (χ2n) is 4.01. The summed E-state index contributed by atoms with van der Waals surface area (Å²) in [5.74, 6) is 0.632. The molecule has 0 unspecified atom stereocenters. The van der Waals surface area contributed by atoms with Crippen LogP contribution in [-0.2, 0) is 4.79 Å². The molecule has 1 aliphatic heterocycles. The van der Waals surface area contributed by atoms with Gasteiger partial charge in [0.15, 0.2) is 0 Å². The van der Waals surface area contributed by atoms with E-state index in [1.165, 1.54) is 0 Å². The Labute approximate surface area is 99.1 Å². The molecule has 6 heteroatoms. The minimum Gasteiger partial charge on any atom is -0.369 e. The lowest BCUT2D eigenvalue weighted by atomic mass is 9.96. The lowest BCUT2D eigenvalue weighted by Crippen LogP contribution is -2.39. The largest absolute Gasteiger partial charge is 0.369 e. The van der Waals surface area contributed by atoms with Crippen LogP contribution in [0.3, 0.4) is 0 Å². The van der Waals surface area contributed by atoms with Crippen LogP contribution in [0.4, 0.5) is 5.82 Å². The Bertz CT molecular complexity index is 459. The highest BCUT2D eigenvalue weighted by atomic mass is 16.1. The SMILES string of the molecule is N#Cc1nccc(N2CCC(C(N)=O)CC2)n1. The molecule has 0 bridgehead atoms. The van der Waals surface area contributed by atoms with Gasteiger partial charge in [0.05, 0.1) is 0 Å². The van der Waals surface area contributed by atoms with Gasteiger partial charge in [-0.2, -0.15) is 5.26 Å². The summed E-state index contributed by atoms with van der Waals surface area (Å²) < 4.78 is 0. The summed E-state index contributed by atoms with van der Waals surface area (Å²) in [5.41, 5.74) is 5.27. The molecule has 1 fully saturated rings. The van der Waals surface area contributed by atoms with E-state index >= 15 is 0 Å². The van der Waals surface area contributed by atoms with Crippen molar-refractivity contribution in [2.75, 3.05) is 18.0 Å². The maximum absolute atomic E-state index is 11.0. The van der Waals surface area contributed by atoms with Crippen LogP contribution in [-0.4, -0.2) is 29.0 Å². The standard InChI is InChI=1S/C11H13N5O/c12-7-9-14-4-1-10(15-9)16-5-2-8(3-6-16)11(13)17/h1,4,8H,2-3,5-6H2,(H2,13,17). The van der Waals surface area contributed by atoms with Gasteiger partial charge in [0.25, 0.3) is 0 Å². The molecule has 0 radical (unpaired) electrons. The van der Waals surface area contributed by atoms with Gasteiger partial charge in [-0.3, -0.25) is 4.79 Å². The lowest BCUT2D eigenvalue weighted by Gasteiger charge is -2.31. The average Bonchev–Trinajstić information content (AvgIpc) is 2.39. The van der Waals surface area contributed by atoms with Crippen molar-refractivity contribution in [1.29, 1.82) is 5.26 Å². The normalized spacial score (nSPS) is 16.5. The summed E-state index contributed by atoms with van der Waals surface area (Å²) >= 11 is 0. The predicted molar refractivity (Wildman–Crippen MR) is 60.9 cm³/mol. The van der Waals surface area contributed by atoms with Gasteiger partial charge in [-0.05, 0) is 18.9 Å². The third-order valence-corrected chi connectivity index (χ3v) is 2.96. The van der Waals surface area contributed by atoms with Crippen molar-refractivity contribution in [1.82, 2.24) is 9.97 Å². The Morgan fingerprint density at radius 2 is 2.24 bits per heavy atom. The molecular formula is C11H13N5O. The quantitative estimate of drug-likeness (QED) is 0.775. The van der Waals surface area contributed by atoms with Gasteiger partial charge in [-0.25, -0.2) is 9.97 Å². The highest BCUT2D eigenvalue weighted by Gasteiger charge is 2.23. The van der Waals surface area contributed by atoms with Crippen LogP contribution < -0.4 is 10.6 Å². The predicted octanol–water partition coefficient (Wildman–Crippen LogP) is 0.0500. The number of primary amides is 1. The molecule has 1 saturated heterocycles. The Hall–Kier alpha value is -2.16. The topological polar surface area (TPSA) is 95.9 Å². The van der Waals surface area contributed by atoms with E-state index in [0.717, 1.165) is 31.7 Å². The van der Waals surface area contributed by atoms with Gasteiger partial charge < -0.3 is 10.6 Å². The first kappa shape index (κ1) is 11.3. The van der Waals surface area contributed by atoms with Crippen LogP contribution in [0.25, 0.3) is 0 Å². The third-order valence-electron chi connectivity index (χ3n) is 2.96. The van der Waals surface area contributed by atoms with Crippen molar-refractivity contribution in [3.8, 4) is 6.07 Å². The first-order chi connectivity index (χ1) is 8.20. The summed E-state index contributed by atoms with van der Waals surface area (Å²) in [5, 5.41) is 8.72. The molecule has 2 N–H and O–H groups in total. The van der Waals surface area contributed by atoms with Crippen LogP contribution in [0.5, 0.6) is 0 Å². The second kappa shape index (κ2) is 4.78. The van der Waals surface area contributed by atoms with E-state index in [4.69, 9.17) is 11.0 Å². The molecule has 0 spiro atoms. The Balaban J connectivity index is 2.05. The number of nitriles is 1. The van der Waals surface area contributed by atoms with Gasteiger partial charge in [-0.1, -0.05) is 0 Å². The number of rotatable bonds is 2. The van der Waals surface area contributed by atoms with Crippen molar-refractivity contribution in [3.05, 3.63) is 18.1 Å². The first-order valence-corrected chi connectivity index (χ1v) is 5.48. The molecule has 1 aromatic rings. The van der Waals surface area contributed by atoms with Crippen LogP contribution in [0, 0.1) is 17.2 Å². The van der Waals surface area contributed by atoms with Crippen molar-refractivity contribution in [3.63, 3.8) is 0 Å². The molecule has 1 aliphatic rings. The molecular weight excluding hydrogens is 218 g/mol. The van der Waals surface area contributed by atoms with Gasteiger partial charge >= 0.3 is 0 Å². The van der Waals surface area contributed by atoms with Gasteiger partial charge in [0.2, 0.25) is 11.7 Å². The third kappa shape index (κ3) is 2.50. The minimum atomic E-state index is -0.231. The number of nitrogens with zero attached hydrogens (tertiary/aromatic N) is 4. The number of carbonyl (C=O) groups excluding carboxylic acids is 1. The molecule has 17 heavy (non-hydrogen) atoms. The summed E-state index contributed by atoms with van der Waals surface area (Å²) in [4.78, 5) is 21.0. The number of nitrogens with two attached hydrogens (primary N) is 1. The Morgan fingerprint density at radius 3 is 2.82 bits per heavy atom. The minimum absolute atomic E-state index is 0.0384. The molecule has 6 nitrogen and oxygen atoms in total. The van der Waals surface area contributed by atoms with E-state index in [1.54, 1.807) is 12.3 Å². The summed E-state index contributed by atoms with van der Waals surface area (Å²) in [6, 6.07) is 3.68. The maximum Gasteiger partial charge on any atom is 0.234 e. The number of aromatic nitrogens is 2. The molecule has 0 saturated carbocycles. The second-order valence-corrected chi connectivity index (χ2v) is 4.01. The van der Waals surface area contributed by atoms with E-state index in [1.807, 2.05) is 11.0 Å². The maximum atomic E-state index is 11.0. The first-order valence-electron chi connectivity index (χ1n) is 5.48. The number of amides is 1. The van der Waals surface area contributed by atoms with Crippen molar-refractivity contribution in [2.24, 2.45) is 11.7 Å². The number of anilines is 1. The average molecular weight is 231 g/mol. The van der Waals surface area contributed by atoms with E-state index < -0.39 is 0 Å². The Kier molecular flexibility index (Phi) is 3.19. The number of carbonyl (C=O) groups is 1. The molecule has 0 aromatic carbocycles. The van der Waals surface area contributed by atoms with E-state index in [-0.39, 0.29) is 17.6 Å². The van der Waals surface area contributed by atoms with Gasteiger partial charge in [0, 0.05) is 25.2 Å². The molecule has 2 rings (SSSR count). The fraction of sp³-hybridized carbons (Fsp3) is 0.455. The van der Waals surface area contributed by atoms with E-state index in [2.05, 4.69) is 9.97 Å². The highest BCUT2D eigenvalue weighted by molar-refractivity contribution is 5.76. The molecule has 2 heterocycles. The summed E-state index contributed by atoms with van der Waals surface area (Å²) in [6.45, 7) is 1.46. The van der Waals surface area contributed by atoms with E-state index in [0.29, 0.717) is 0 Å². The number of piperidine rings is 1. The fourth-order valence-corrected chi connectivity index (χ4v) is 1.97. The zero-order valence-electron chi connectivity index (χ0n) is 9.33. The van der Waals surface area contributed by atoms with Gasteiger partial charge in [0.1, 0.15) is 11.9 Å². The van der Waals surface area contributed by atoms with Crippen LogP contribution in [0.2, 0.25) is 0 Å². The Morgan fingerprint density at radius 1 is 1.53 bits per heavy atom. The lowest BCUT2D eigenvalue weighted by molar-refractivity contribution is -0.122. The zero-order chi connectivity index (χ0) is 12.3. The van der Waals surface area contributed by atoms with Crippen molar-refractivity contribution < 1.29 is 4.79 Å².